The van der Waals surface area contributed by atoms with E-state index in [4.69, 9.17) is 5.84 Å². The highest BCUT2D eigenvalue weighted by Crippen LogP contribution is 2.16. The standard InChI is InChI=1S/C12H25N3O/c1-11-5-4-9-15(10-7-11)8-3-2-6-12(16)14-13/h11H,2-10,13H2,1H3,(H,14,16). The van der Waals surface area contributed by atoms with Crippen molar-refractivity contribution in [1.29, 1.82) is 0 Å². The summed E-state index contributed by atoms with van der Waals surface area (Å²) in [6.45, 7) is 5.93. The first-order chi connectivity index (χ1) is 7.72. The molecule has 1 unspecified atom stereocenters. The largest absolute Gasteiger partial charge is 0.303 e. The van der Waals surface area contributed by atoms with E-state index in [2.05, 4.69) is 17.2 Å². The van der Waals surface area contributed by atoms with Gasteiger partial charge >= 0.3 is 0 Å². The van der Waals surface area contributed by atoms with Crippen LogP contribution in [0.25, 0.3) is 0 Å². The van der Waals surface area contributed by atoms with Crippen LogP contribution >= 0.6 is 0 Å². The van der Waals surface area contributed by atoms with Gasteiger partial charge in [0.2, 0.25) is 5.91 Å². The molecule has 1 atom stereocenters. The summed E-state index contributed by atoms with van der Waals surface area (Å²) in [4.78, 5) is 13.4. The molecule has 1 fully saturated rings. The molecule has 94 valence electrons. The van der Waals surface area contributed by atoms with Gasteiger partial charge in [0.15, 0.2) is 0 Å². The van der Waals surface area contributed by atoms with Crippen molar-refractivity contribution in [2.24, 2.45) is 11.8 Å². The average Bonchev–Trinajstić information content (AvgIpc) is 2.49. The SMILES string of the molecule is CC1CCCN(CCCCC(=O)NN)CC1. The molecule has 0 aliphatic carbocycles. The second-order valence-corrected chi connectivity index (χ2v) is 4.90. The maximum atomic E-state index is 10.9. The van der Waals surface area contributed by atoms with E-state index in [1.54, 1.807) is 0 Å². The average molecular weight is 227 g/mol. The van der Waals surface area contributed by atoms with Gasteiger partial charge in [-0.05, 0) is 57.7 Å². The van der Waals surface area contributed by atoms with Gasteiger partial charge in [0, 0.05) is 6.42 Å². The van der Waals surface area contributed by atoms with Gasteiger partial charge in [-0.25, -0.2) is 5.84 Å². The molecule has 0 bridgehead atoms. The molecule has 0 radical (unpaired) electrons. The third-order valence-electron chi connectivity index (χ3n) is 3.40. The fourth-order valence-electron chi connectivity index (χ4n) is 2.24. The van der Waals surface area contributed by atoms with Gasteiger partial charge in [-0.1, -0.05) is 6.92 Å². The van der Waals surface area contributed by atoms with E-state index in [1.165, 1.54) is 32.4 Å². The number of nitrogens with zero attached hydrogens (tertiary/aromatic N) is 1. The Labute approximate surface area is 98.5 Å². The predicted molar refractivity (Wildman–Crippen MR) is 65.6 cm³/mol. The molecule has 1 amide bonds. The Morgan fingerprint density at radius 2 is 2.19 bits per heavy atom. The van der Waals surface area contributed by atoms with Crippen LogP contribution in [-0.2, 0) is 4.79 Å². The first-order valence-electron chi connectivity index (χ1n) is 6.44. The second-order valence-electron chi connectivity index (χ2n) is 4.90. The predicted octanol–water partition coefficient (Wildman–Crippen LogP) is 1.27. The molecule has 1 aliphatic heterocycles. The number of carbonyl (C=O) groups is 1. The van der Waals surface area contributed by atoms with Crippen LogP contribution in [0.15, 0.2) is 0 Å². The van der Waals surface area contributed by atoms with Crippen LogP contribution in [-0.4, -0.2) is 30.4 Å². The molecule has 1 aliphatic rings. The number of nitrogens with one attached hydrogen (secondary N) is 1. The van der Waals surface area contributed by atoms with Crippen molar-refractivity contribution in [3.63, 3.8) is 0 Å². The maximum Gasteiger partial charge on any atom is 0.233 e. The highest BCUT2D eigenvalue weighted by atomic mass is 16.2. The molecule has 4 heteroatoms. The van der Waals surface area contributed by atoms with E-state index in [9.17, 15) is 4.79 Å². The number of hydrogen-bond donors (Lipinski definition) is 2. The van der Waals surface area contributed by atoms with Crippen molar-refractivity contribution in [2.75, 3.05) is 19.6 Å². The summed E-state index contributed by atoms with van der Waals surface area (Å²) in [7, 11) is 0. The van der Waals surface area contributed by atoms with Gasteiger partial charge in [-0.2, -0.15) is 0 Å². The van der Waals surface area contributed by atoms with E-state index in [-0.39, 0.29) is 5.91 Å². The van der Waals surface area contributed by atoms with Gasteiger partial charge < -0.3 is 4.90 Å². The number of unbranched alkanes of at least 4 members (excludes halogenated alkanes) is 1. The molecular weight excluding hydrogens is 202 g/mol. The lowest BCUT2D eigenvalue weighted by atomic mass is 10.0. The highest BCUT2D eigenvalue weighted by Gasteiger charge is 2.12. The molecule has 3 N–H and O–H groups in total. The quantitative estimate of drug-likeness (QED) is 0.322. The van der Waals surface area contributed by atoms with Crippen molar-refractivity contribution in [3.8, 4) is 0 Å². The number of carbonyl (C=O) groups excluding carboxylic acids is 1. The number of rotatable bonds is 5. The van der Waals surface area contributed by atoms with Crippen LogP contribution in [0, 0.1) is 5.92 Å². The van der Waals surface area contributed by atoms with E-state index < -0.39 is 0 Å². The van der Waals surface area contributed by atoms with Gasteiger partial charge in [0.05, 0.1) is 0 Å². The number of hydrazine groups is 1. The minimum absolute atomic E-state index is 0.0514. The number of hydrogen-bond acceptors (Lipinski definition) is 3. The lowest BCUT2D eigenvalue weighted by Crippen LogP contribution is -2.30. The van der Waals surface area contributed by atoms with E-state index >= 15 is 0 Å². The number of likely N-dealkylation sites (tertiary alicyclic amines) is 1. The van der Waals surface area contributed by atoms with Crippen LogP contribution in [0.2, 0.25) is 0 Å². The summed E-state index contributed by atoms with van der Waals surface area (Å²) in [5.74, 6) is 5.85. The minimum Gasteiger partial charge on any atom is -0.303 e. The zero-order chi connectivity index (χ0) is 11.8. The Morgan fingerprint density at radius 3 is 2.94 bits per heavy atom. The minimum atomic E-state index is -0.0514. The molecule has 0 aromatic heterocycles. The first kappa shape index (κ1) is 13.5. The van der Waals surface area contributed by atoms with Crippen molar-refractivity contribution in [3.05, 3.63) is 0 Å². The molecule has 1 rings (SSSR count). The van der Waals surface area contributed by atoms with Crippen LogP contribution in [0.1, 0.15) is 45.4 Å². The number of amides is 1. The van der Waals surface area contributed by atoms with Gasteiger partial charge in [0.1, 0.15) is 0 Å². The molecule has 16 heavy (non-hydrogen) atoms. The Kier molecular flexibility index (Phi) is 6.42. The van der Waals surface area contributed by atoms with Crippen LogP contribution in [0.5, 0.6) is 0 Å². The van der Waals surface area contributed by atoms with Gasteiger partial charge in [-0.15, -0.1) is 0 Å². The monoisotopic (exact) mass is 227 g/mol. The first-order valence-corrected chi connectivity index (χ1v) is 6.44. The Hall–Kier alpha value is -0.610. The van der Waals surface area contributed by atoms with Crippen molar-refractivity contribution in [1.82, 2.24) is 10.3 Å². The van der Waals surface area contributed by atoms with Crippen molar-refractivity contribution in [2.45, 2.75) is 45.4 Å². The van der Waals surface area contributed by atoms with Crippen LogP contribution in [0.3, 0.4) is 0 Å². The zero-order valence-corrected chi connectivity index (χ0v) is 10.4. The molecule has 4 nitrogen and oxygen atoms in total. The van der Waals surface area contributed by atoms with Crippen molar-refractivity contribution < 1.29 is 4.79 Å². The summed E-state index contributed by atoms with van der Waals surface area (Å²) in [5, 5.41) is 0. The summed E-state index contributed by atoms with van der Waals surface area (Å²) in [6, 6.07) is 0. The molecule has 0 aromatic carbocycles. The lowest BCUT2D eigenvalue weighted by molar-refractivity contribution is -0.121. The summed E-state index contributed by atoms with van der Waals surface area (Å²) >= 11 is 0. The van der Waals surface area contributed by atoms with Crippen molar-refractivity contribution >= 4 is 5.91 Å². The molecule has 0 saturated carbocycles. The topological polar surface area (TPSA) is 58.4 Å². The Balaban J connectivity index is 2.06. The third-order valence-corrected chi connectivity index (χ3v) is 3.40. The molecule has 1 saturated heterocycles. The normalized spacial score (nSPS) is 22.8. The Bertz CT molecular complexity index is 208. The fraction of sp³-hybridized carbons (Fsp3) is 0.917. The summed E-state index contributed by atoms with van der Waals surface area (Å²) < 4.78 is 0. The van der Waals surface area contributed by atoms with E-state index in [0.29, 0.717) is 6.42 Å². The lowest BCUT2D eigenvalue weighted by Gasteiger charge is -2.19. The highest BCUT2D eigenvalue weighted by molar-refractivity contribution is 5.75. The number of nitrogens with two attached hydrogens (primary N) is 1. The molecular formula is C12H25N3O. The summed E-state index contributed by atoms with van der Waals surface area (Å²) in [5.41, 5.74) is 2.17. The van der Waals surface area contributed by atoms with Crippen LogP contribution in [0.4, 0.5) is 0 Å². The van der Waals surface area contributed by atoms with E-state index in [1.807, 2.05) is 0 Å². The molecule has 0 spiro atoms. The van der Waals surface area contributed by atoms with Gasteiger partial charge in [-0.3, -0.25) is 10.2 Å². The molecule has 0 aromatic rings. The van der Waals surface area contributed by atoms with E-state index in [0.717, 1.165) is 25.3 Å². The third kappa shape index (κ3) is 5.47. The smallest absolute Gasteiger partial charge is 0.233 e. The molecule has 1 heterocycles. The second kappa shape index (κ2) is 7.63. The summed E-state index contributed by atoms with van der Waals surface area (Å²) in [6.07, 6.45) is 6.61. The fourth-order valence-corrected chi connectivity index (χ4v) is 2.24. The maximum absolute atomic E-state index is 10.9. The zero-order valence-electron chi connectivity index (χ0n) is 10.4. The van der Waals surface area contributed by atoms with Crippen LogP contribution < -0.4 is 11.3 Å². The van der Waals surface area contributed by atoms with Gasteiger partial charge in [0.25, 0.3) is 0 Å². The Morgan fingerprint density at radius 1 is 1.38 bits per heavy atom.